The van der Waals surface area contributed by atoms with Crippen LogP contribution in [0.4, 0.5) is 0 Å². The Labute approximate surface area is 178 Å². The quantitative estimate of drug-likeness (QED) is 0.546. The zero-order chi connectivity index (χ0) is 21.9. The molecular weight excluding hydrogens is 382 g/mol. The lowest BCUT2D eigenvalue weighted by molar-refractivity contribution is -0.144. The maximum atomic E-state index is 13.1. The Hall–Kier alpha value is -1.79. The number of aliphatic imine (C=N–C) groups is 1. The fraction of sp³-hybridized carbons (Fsp3) is 0.708. The highest BCUT2D eigenvalue weighted by Gasteiger charge is 2.68. The second kappa shape index (κ2) is 7.13. The highest BCUT2D eigenvalue weighted by Crippen LogP contribution is 2.67. The first-order chi connectivity index (χ1) is 14.1. The lowest BCUT2D eigenvalue weighted by atomic mass is 9.46. The van der Waals surface area contributed by atoms with Gasteiger partial charge in [0.1, 0.15) is 12.1 Å². The molecule has 0 aromatic heterocycles. The molecule has 3 saturated carbocycles. The first-order valence-electron chi connectivity index (χ1n) is 11.0. The van der Waals surface area contributed by atoms with Crippen LogP contribution < -0.4 is 0 Å². The van der Waals surface area contributed by atoms with Crippen molar-refractivity contribution in [3.8, 4) is 0 Å². The number of methoxy groups -OCH3 is 1. The number of ether oxygens (including phenoxy) is 1. The van der Waals surface area contributed by atoms with E-state index in [2.05, 4.69) is 13.8 Å². The van der Waals surface area contributed by atoms with E-state index in [1.807, 2.05) is 6.08 Å². The fourth-order valence-corrected chi connectivity index (χ4v) is 7.48. The number of hydrogen-bond acceptors (Lipinski definition) is 6. The predicted molar refractivity (Wildman–Crippen MR) is 113 cm³/mol. The second-order valence-corrected chi connectivity index (χ2v) is 10.0. The van der Waals surface area contributed by atoms with Gasteiger partial charge in [-0.1, -0.05) is 25.5 Å². The van der Waals surface area contributed by atoms with E-state index in [4.69, 9.17) is 9.73 Å². The normalized spacial score (nSPS) is 45.3. The molecule has 4 rings (SSSR count). The van der Waals surface area contributed by atoms with E-state index in [0.29, 0.717) is 18.7 Å². The average molecular weight is 416 g/mol. The number of aliphatic hydroxyl groups excluding tert-OH is 2. The van der Waals surface area contributed by atoms with Crippen LogP contribution in [0.3, 0.4) is 0 Å². The van der Waals surface area contributed by atoms with Gasteiger partial charge in [0.25, 0.3) is 0 Å². The molecule has 7 atom stereocenters. The summed E-state index contributed by atoms with van der Waals surface area (Å²) in [6, 6.07) is 0. The Bertz CT molecular complexity index is 860. The lowest BCUT2D eigenvalue weighted by Crippen LogP contribution is -2.61. The molecular formula is C24H33NO5. The summed E-state index contributed by atoms with van der Waals surface area (Å²) in [6.07, 6.45) is 8.29. The van der Waals surface area contributed by atoms with Crippen LogP contribution >= 0.6 is 0 Å². The Kier molecular flexibility index (Phi) is 5.09. The van der Waals surface area contributed by atoms with Gasteiger partial charge in [0, 0.05) is 23.7 Å². The molecule has 0 radical (unpaired) electrons. The molecule has 0 heterocycles. The Morgan fingerprint density at radius 3 is 2.73 bits per heavy atom. The van der Waals surface area contributed by atoms with Crippen LogP contribution in [-0.2, 0) is 14.3 Å². The van der Waals surface area contributed by atoms with E-state index >= 15 is 0 Å². The second-order valence-electron chi connectivity index (χ2n) is 10.0. The van der Waals surface area contributed by atoms with Crippen LogP contribution in [-0.4, -0.2) is 53.0 Å². The van der Waals surface area contributed by atoms with E-state index in [1.54, 1.807) is 19.1 Å². The number of hydrogen-bond donors (Lipinski definition) is 2. The molecule has 3 unspecified atom stereocenters. The van der Waals surface area contributed by atoms with Gasteiger partial charge in [-0.3, -0.25) is 9.59 Å². The number of carbonyl (C=O) groups excluding carboxylic acids is 2. The molecule has 6 nitrogen and oxygen atoms in total. The zero-order valence-corrected chi connectivity index (χ0v) is 18.4. The molecule has 0 aromatic carbocycles. The van der Waals surface area contributed by atoms with Crippen molar-refractivity contribution >= 4 is 17.5 Å². The molecule has 6 heteroatoms. The number of rotatable bonds is 3. The number of fused-ring (bicyclic) bond motifs is 5. The molecule has 0 bridgehead atoms. The number of aliphatic hydroxyl groups is 2. The van der Waals surface area contributed by atoms with Crippen molar-refractivity contribution in [3.05, 3.63) is 23.8 Å². The zero-order valence-electron chi connectivity index (χ0n) is 18.4. The van der Waals surface area contributed by atoms with Gasteiger partial charge >= 0.3 is 0 Å². The monoisotopic (exact) mass is 415 g/mol. The number of carbonyl (C=O) groups is 2. The highest BCUT2D eigenvalue weighted by atomic mass is 16.5. The molecule has 0 saturated heterocycles. The first kappa shape index (κ1) is 21.4. The topological polar surface area (TPSA) is 96.2 Å². The minimum atomic E-state index is -1.08. The van der Waals surface area contributed by atoms with Crippen LogP contribution in [0.1, 0.15) is 52.9 Å². The third kappa shape index (κ3) is 2.72. The summed E-state index contributed by atoms with van der Waals surface area (Å²) in [5.41, 5.74) is -0.856. The van der Waals surface area contributed by atoms with Crippen LogP contribution in [0, 0.1) is 28.6 Å². The van der Waals surface area contributed by atoms with E-state index < -0.39 is 23.7 Å². The van der Waals surface area contributed by atoms with Crippen molar-refractivity contribution in [1.29, 1.82) is 0 Å². The van der Waals surface area contributed by atoms with E-state index in [1.165, 1.54) is 7.11 Å². The molecule has 0 aromatic rings. The van der Waals surface area contributed by atoms with Gasteiger partial charge in [-0.2, -0.15) is 0 Å². The van der Waals surface area contributed by atoms with Crippen molar-refractivity contribution in [2.45, 2.75) is 64.5 Å². The summed E-state index contributed by atoms with van der Waals surface area (Å²) >= 11 is 0. The van der Waals surface area contributed by atoms with Crippen LogP contribution in [0.2, 0.25) is 0 Å². The maximum absolute atomic E-state index is 13.1. The van der Waals surface area contributed by atoms with Gasteiger partial charge < -0.3 is 14.9 Å². The molecule has 0 amide bonds. The summed E-state index contributed by atoms with van der Waals surface area (Å²) in [7, 11) is 1.53. The number of nitrogens with zero attached hydrogens (tertiary/aromatic N) is 1. The summed E-state index contributed by atoms with van der Waals surface area (Å²) in [4.78, 5) is 29.8. The van der Waals surface area contributed by atoms with Gasteiger partial charge in [-0.15, -0.1) is 0 Å². The molecule has 2 N–H and O–H groups in total. The smallest absolute Gasteiger partial charge is 0.186 e. The molecule has 4 aliphatic carbocycles. The van der Waals surface area contributed by atoms with Crippen LogP contribution in [0.25, 0.3) is 0 Å². The highest BCUT2D eigenvalue weighted by molar-refractivity contribution is 6.01. The minimum absolute atomic E-state index is 0.00690. The van der Waals surface area contributed by atoms with Crippen LogP contribution in [0.5, 0.6) is 0 Å². The largest absolute Gasteiger partial charge is 0.484 e. The van der Waals surface area contributed by atoms with Crippen molar-refractivity contribution < 1.29 is 24.5 Å². The third-order valence-electron chi connectivity index (χ3n) is 8.90. The van der Waals surface area contributed by atoms with Gasteiger partial charge in [0.15, 0.2) is 17.5 Å². The van der Waals surface area contributed by atoms with E-state index in [9.17, 15) is 19.8 Å². The van der Waals surface area contributed by atoms with Gasteiger partial charge in [-0.05, 0) is 56.1 Å². The summed E-state index contributed by atoms with van der Waals surface area (Å²) < 4.78 is 5.29. The van der Waals surface area contributed by atoms with Crippen molar-refractivity contribution in [1.82, 2.24) is 0 Å². The summed E-state index contributed by atoms with van der Waals surface area (Å²) in [5, 5.41) is 21.3. The molecule has 3 fully saturated rings. The predicted octanol–water partition coefficient (Wildman–Crippen LogP) is 2.63. The summed E-state index contributed by atoms with van der Waals surface area (Å²) in [6.45, 7) is 5.37. The molecule has 0 aliphatic heterocycles. The summed E-state index contributed by atoms with van der Waals surface area (Å²) in [5.74, 6) is 0.593. The SMILES string of the molecule is COC(C)=N[C@]1(C(=O)CO)CCC2C3CCC4=CC(=O)C=C[C@]4(C)C3[C@@H](O)C[C@@]21C. The van der Waals surface area contributed by atoms with Crippen molar-refractivity contribution in [3.63, 3.8) is 0 Å². The number of Topliss-reactive ketones (excluding diaryl/α,β-unsaturated/α-hetero) is 1. The molecule has 164 valence electrons. The Morgan fingerprint density at radius 1 is 1.33 bits per heavy atom. The number of allylic oxidation sites excluding steroid dienone is 4. The minimum Gasteiger partial charge on any atom is -0.484 e. The van der Waals surface area contributed by atoms with Crippen molar-refractivity contribution in [2.75, 3.05) is 13.7 Å². The van der Waals surface area contributed by atoms with Gasteiger partial charge in [-0.25, -0.2) is 4.99 Å². The maximum Gasteiger partial charge on any atom is 0.186 e. The third-order valence-corrected chi connectivity index (χ3v) is 8.90. The molecule has 30 heavy (non-hydrogen) atoms. The molecule has 4 aliphatic rings. The van der Waals surface area contributed by atoms with E-state index in [0.717, 1.165) is 24.8 Å². The van der Waals surface area contributed by atoms with Gasteiger partial charge in [0.2, 0.25) is 0 Å². The lowest BCUT2D eigenvalue weighted by Gasteiger charge is -2.59. The van der Waals surface area contributed by atoms with E-state index in [-0.39, 0.29) is 34.7 Å². The van der Waals surface area contributed by atoms with Crippen molar-refractivity contribution in [2.24, 2.45) is 33.6 Å². The average Bonchev–Trinajstić information content (AvgIpc) is 3.00. The van der Waals surface area contributed by atoms with Crippen LogP contribution in [0.15, 0.2) is 28.8 Å². The molecule has 0 spiro atoms. The fourth-order valence-electron chi connectivity index (χ4n) is 7.48. The Balaban J connectivity index is 1.79. The number of ketones is 2. The Morgan fingerprint density at radius 2 is 2.07 bits per heavy atom. The standard InChI is InChI=1S/C24H33NO5/c1-14(30-4)25-24(20(29)13-26)10-8-18-17-6-5-15-11-16(27)7-9-22(15,2)21(17)19(28)12-23(18,24)3/h7,9,11,17-19,21,26,28H,5-6,8,10,12-13H2,1-4H3/t17?,18?,19-,21?,22-,23-,24-/m0/s1. The van der Waals surface area contributed by atoms with Gasteiger partial charge in [0.05, 0.1) is 13.2 Å². The first-order valence-corrected chi connectivity index (χ1v) is 11.0.